The Morgan fingerprint density at radius 3 is 3.07 bits per heavy atom. The van der Waals surface area contributed by atoms with Crippen LogP contribution in [0.1, 0.15) is 11.9 Å². The van der Waals surface area contributed by atoms with Crippen LogP contribution in [0.5, 0.6) is 0 Å². The van der Waals surface area contributed by atoms with Gasteiger partial charge in [-0.05, 0) is 12.1 Å². The van der Waals surface area contributed by atoms with Crippen molar-refractivity contribution >= 4 is 0 Å². The van der Waals surface area contributed by atoms with Gasteiger partial charge in [-0.1, -0.05) is 5.16 Å². The molecule has 1 atom stereocenters. The molecule has 0 aromatic carbocycles. The van der Waals surface area contributed by atoms with Crippen LogP contribution >= 0.6 is 0 Å². The number of hydrogen-bond acceptors (Lipinski definition) is 6. The number of aliphatic hydroxyl groups excluding tert-OH is 1. The highest BCUT2D eigenvalue weighted by Crippen LogP contribution is 2.16. The summed E-state index contributed by atoms with van der Waals surface area (Å²) in [6.07, 6.45) is 3.27. The van der Waals surface area contributed by atoms with E-state index < -0.39 is 6.04 Å². The topological polar surface area (TPSA) is 98.1 Å². The molecular weight excluding hydrogens is 196 g/mol. The van der Waals surface area contributed by atoms with Crippen LogP contribution in [0.3, 0.4) is 0 Å². The van der Waals surface area contributed by atoms with Gasteiger partial charge in [0.25, 0.3) is 5.89 Å². The highest BCUT2D eigenvalue weighted by Gasteiger charge is 2.14. The monoisotopic (exact) mass is 206 g/mol. The number of aliphatic hydroxyl groups is 1. The average molecular weight is 206 g/mol. The van der Waals surface area contributed by atoms with Crippen molar-refractivity contribution in [3.05, 3.63) is 30.4 Å². The molecule has 0 saturated heterocycles. The van der Waals surface area contributed by atoms with Crippen LogP contribution in [0.2, 0.25) is 0 Å². The quantitative estimate of drug-likeness (QED) is 0.740. The number of nitrogens with zero attached hydrogens (tertiary/aromatic N) is 3. The van der Waals surface area contributed by atoms with Crippen LogP contribution in [0.15, 0.2) is 29.0 Å². The van der Waals surface area contributed by atoms with Crippen LogP contribution in [-0.4, -0.2) is 26.8 Å². The first-order valence-electron chi connectivity index (χ1n) is 4.41. The molecule has 0 radical (unpaired) electrons. The molecule has 6 nitrogen and oxygen atoms in total. The Morgan fingerprint density at radius 2 is 2.40 bits per heavy atom. The van der Waals surface area contributed by atoms with E-state index in [4.69, 9.17) is 15.4 Å². The first-order chi connectivity index (χ1) is 7.31. The van der Waals surface area contributed by atoms with Crippen LogP contribution in [-0.2, 0) is 0 Å². The Hall–Kier alpha value is -1.79. The van der Waals surface area contributed by atoms with Crippen LogP contribution < -0.4 is 5.73 Å². The number of aromatic nitrogens is 3. The highest BCUT2D eigenvalue weighted by atomic mass is 16.5. The fourth-order valence-corrected chi connectivity index (χ4v) is 1.07. The van der Waals surface area contributed by atoms with Gasteiger partial charge in [0.2, 0.25) is 0 Å². The smallest absolute Gasteiger partial charge is 0.259 e. The maximum absolute atomic E-state index is 8.81. The minimum absolute atomic E-state index is 0.216. The first-order valence-corrected chi connectivity index (χ1v) is 4.41. The summed E-state index contributed by atoms with van der Waals surface area (Å²) >= 11 is 0. The zero-order valence-corrected chi connectivity index (χ0v) is 7.87. The third kappa shape index (κ3) is 2.00. The molecule has 0 fully saturated rings. The molecule has 0 amide bonds. The Kier molecular flexibility index (Phi) is 2.70. The summed E-state index contributed by atoms with van der Waals surface area (Å²) in [7, 11) is 0. The van der Waals surface area contributed by atoms with Gasteiger partial charge in [-0.2, -0.15) is 4.98 Å². The minimum atomic E-state index is -0.612. The van der Waals surface area contributed by atoms with Crippen molar-refractivity contribution in [3.8, 4) is 11.5 Å². The van der Waals surface area contributed by atoms with E-state index in [0.717, 1.165) is 5.56 Å². The van der Waals surface area contributed by atoms with Crippen molar-refractivity contribution in [1.82, 2.24) is 15.1 Å². The number of pyridine rings is 1. The summed E-state index contributed by atoms with van der Waals surface area (Å²) in [5.74, 6) is 0.637. The normalized spacial score (nSPS) is 12.7. The van der Waals surface area contributed by atoms with E-state index in [1.54, 1.807) is 24.5 Å². The van der Waals surface area contributed by atoms with Crippen molar-refractivity contribution in [3.63, 3.8) is 0 Å². The van der Waals surface area contributed by atoms with E-state index in [9.17, 15) is 0 Å². The first kappa shape index (κ1) is 9.75. The fourth-order valence-electron chi connectivity index (χ4n) is 1.07. The molecule has 78 valence electrons. The third-order valence-electron chi connectivity index (χ3n) is 1.88. The number of hydrogen-bond donors (Lipinski definition) is 2. The summed E-state index contributed by atoms with van der Waals surface area (Å²) < 4.78 is 4.98. The number of rotatable bonds is 3. The van der Waals surface area contributed by atoms with Gasteiger partial charge in [0.1, 0.15) is 0 Å². The second-order valence-electron chi connectivity index (χ2n) is 2.99. The summed E-state index contributed by atoms with van der Waals surface area (Å²) in [5, 5.41) is 12.5. The molecule has 3 N–H and O–H groups in total. The standard InChI is InChI=1S/C9H10N4O2/c10-7(5-14)8-12-9(15-13-8)6-2-1-3-11-4-6/h1-4,7,14H,5,10H2. The summed E-state index contributed by atoms with van der Waals surface area (Å²) in [5.41, 5.74) is 6.26. The third-order valence-corrected chi connectivity index (χ3v) is 1.88. The van der Waals surface area contributed by atoms with Crippen LogP contribution in [0.25, 0.3) is 11.5 Å². The van der Waals surface area contributed by atoms with Gasteiger partial charge in [-0.25, -0.2) is 0 Å². The molecule has 15 heavy (non-hydrogen) atoms. The Morgan fingerprint density at radius 1 is 1.53 bits per heavy atom. The molecule has 6 heteroatoms. The van der Waals surface area contributed by atoms with Gasteiger partial charge in [-0.3, -0.25) is 4.98 Å². The predicted molar refractivity (Wildman–Crippen MR) is 51.5 cm³/mol. The van der Waals surface area contributed by atoms with E-state index in [0.29, 0.717) is 5.89 Å². The maximum atomic E-state index is 8.81. The molecule has 2 rings (SSSR count). The lowest BCUT2D eigenvalue weighted by Gasteiger charge is -1.98. The van der Waals surface area contributed by atoms with Crippen molar-refractivity contribution in [2.75, 3.05) is 6.61 Å². The van der Waals surface area contributed by atoms with Crippen molar-refractivity contribution in [2.45, 2.75) is 6.04 Å². The second kappa shape index (κ2) is 4.16. The SMILES string of the molecule is NC(CO)c1noc(-c2cccnc2)n1. The summed E-state index contributed by atoms with van der Waals surface area (Å²) in [4.78, 5) is 7.98. The van der Waals surface area contributed by atoms with Gasteiger partial charge < -0.3 is 15.4 Å². The van der Waals surface area contributed by atoms with Crippen LogP contribution in [0, 0.1) is 0 Å². The van der Waals surface area contributed by atoms with E-state index in [-0.39, 0.29) is 12.4 Å². The molecule has 2 aromatic heterocycles. The van der Waals surface area contributed by atoms with Gasteiger partial charge in [0.15, 0.2) is 5.82 Å². The zero-order chi connectivity index (χ0) is 10.7. The van der Waals surface area contributed by atoms with E-state index in [2.05, 4.69) is 15.1 Å². The van der Waals surface area contributed by atoms with Crippen molar-refractivity contribution in [2.24, 2.45) is 5.73 Å². The minimum Gasteiger partial charge on any atom is -0.394 e. The Balaban J connectivity index is 2.28. The highest BCUT2D eigenvalue weighted by molar-refractivity contribution is 5.50. The van der Waals surface area contributed by atoms with Gasteiger partial charge in [0, 0.05) is 12.4 Å². The molecule has 0 bridgehead atoms. The molecular formula is C9H10N4O2. The summed E-state index contributed by atoms with van der Waals surface area (Å²) in [6, 6.07) is 2.96. The fraction of sp³-hybridized carbons (Fsp3) is 0.222. The van der Waals surface area contributed by atoms with Crippen molar-refractivity contribution < 1.29 is 9.63 Å². The lowest BCUT2D eigenvalue weighted by molar-refractivity contribution is 0.260. The predicted octanol–water partition coefficient (Wildman–Crippen LogP) is 0.124. The van der Waals surface area contributed by atoms with Crippen molar-refractivity contribution in [1.29, 1.82) is 0 Å². The van der Waals surface area contributed by atoms with E-state index in [1.807, 2.05) is 0 Å². The van der Waals surface area contributed by atoms with E-state index >= 15 is 0 Å². The second-order valence-corrected chi connectivity index (χ2v) is 2.99. The van der Waals surface area contributed by atoms with E-state index in [1.165, 1.54) is 0 Å². The molecule has 0 aliphatic rings. The van der Waals surface area contributed by atoms with Crippen LogP contribution in [0.4, 0.5) is 0 Å². The molecule has 0 aliphatic heterocycles. The molecule has 0 spiro atoms. The maximum Gasteiger partial charge on any atom is 0.259 e. The molecule has 2 aromatic rings. The molecule has 2 heterocycles. The zero-order valence-electron chi connectivity index (χ0n) is 7.87. The van der Waals surface area contributed by atoms with Gasteiger partial charge in [0.05, 0.1) is 18.2 Å². The molecule has 0 saturated carbocycles. The van der Waals surface area contributed by atoms with Gasteiger partial charge in [-0.15, -0.1) is 0 Å². The Labute approximate surface area is 85.8 Å². The lowest BCUT2D eigenvalue weighted by atomic mass is 10.3. The summed E-state index contributed by atoms with van der Waals surface area (Å²) in [6.45, 7) is -0.216. The Bertz CT molecular complexity index is 429. The largest absolute Gasteiger partial charge is 0.394 e. The lowest BCUT2D eigenvalue weighted by Crippen LogP contribution is -2.15. The van der Waals surface area contributed by atoms with Gasteiger partial charge >= 0.3 is 0 Å². The average Bonchev–Trinajstić information content (AvgIpc) is 2.78. The number of nitrogens with two attached hydrogens (primary N) is 1. The molecule has 0 aliphatic carbocycles. The molecule has 1 unspecified atom stereocenters.